The standard InChI is InChI=1S/C13H21N3O3S/c1-3-7-14-13(17)12-6-5-11-10-15(20(2,18)19)8-4-9-16(11)12/h5-6H,3-4,7-10H2,1-2H3,(H,14,17). The highest BCUT2D eigenvalue weighted by atomic mass is 32.2. The normalized spacial score (nSPS) is 16.5. The largest absolute Gasteiger partial charge is 0.351 e. The zero-order chi connectivity index (χ0) is 14.8. The Bertz CT molecular complexity index is 592. The zero-order valence-electron chi connectivity index (χ0n) is 11.9. The maximum absolute atomic E-state index is 12.1. The van der Waals surface area contributed by atoms with Crippen LogP contribution in [-0.2, 0) is 23.1 Å². The summed E-state index contributed by atoms with van der Waals surface area (Å²) in [6, 6.07) is 3.61. The molecule has 1 N–H and O–H groups in total. The van der Waals surface area contributed by atoms with Gasteiger partial charge in [0.15, 0.2) is 0 Å². The highest BCUT2D eigenvalue weighted by molar-refractivity contribution is 7.88. The SMILES string of the molecule is CCCNC(=O)c1ccc2n1CCCN(S(C)(=O)=O)C2. The zero-order valence-corrected chi connectivity index (χ0v) is 12.7. The lowest BCUT2D eigenvalue weighted by molar-refractivity contribution is 0.0944. The first-order valence-electron chi connectivity index (χ1n) is 6.85. The number of carbonyl (C=O) groups is 1. The van der Waals surface area contributed by atoms with E-state index in [1.807, 2.05) is 17.6 Å². The van der Waals surface area contributed by atoms with E-state index in [0.29, 0.717) is 38.3 Å². The van der Waals surface area contributed by atoms with Crippen LogP contribution in [-0.4, -0.2) is 42.5 Å². The average Bonchev–Trinajstić information content (AvgIpc) is 2.64. The number of sulfonamides is 1. The summed E-state index contributed by atoms with van der Waals surface area (Å²) in [5, 5.41) is 2.86. The van der Waals surface area contributed by atoms with Gasteiger partial charge in [-0.05, 0) is 25.0 Å². The molecule has 20 heavy (non-hydrogen) atoms. The number of aromatic nitrogens is 1. The van der Waals surface area contributed by atoms with Crippen LogP contribution in [0.2, 0.25) is 0 Å². The predicted octanol–water partition coefficient (Wildman–Crippen LogP) is 0.793. The molecule has 112 valence electrons. The van der Waals surface area contributed by atoms with E-state index in [-0.39, 0.29) is 5.91 Å². The molecule has 0 fully saturated rings. The molecule has 0 spiro atoms. The second kappa shape index (κ2) is 5.97. The third-order valence-corrected chi connectivity index (χ3v) is 4.69. The number of amides is 1. The van der Waals surface area contributed by atoms with Gasteiger partial charge in [0.05, 0.1) is 12.8 Å². The number of fused-ring (bicyclic) bond motifs is 1. The molecule has 0 saturated carbocycles. The predicted molar refractivity (Wildman–Crippen MR) is 76.9 cm³/mol. The van der Waals surface area contributed by atoms with Crippen LogP contribution >= 0.6 is 0 Å². The number of hydrogen-bond acceptors (Lipinski definition) is 3. The van der Waals surface area contributed by atoms with Crippen molar-refractivity contribution in [3.8, 4) is 0 Å². The molecule has 0 aromatic carbocycles. The van der Waals surface area contributed by atoms with Gasteiger partial charge in [-0.3, -0.25) is 4.79 Å². The summed E-state index contributed by atoms with van der Waals surface area (Å²) in [5.74, 6) is -0.0918. The van der Waals surface area contributed by atoms with Crippen molar-refractivity contribution in [2.45, 2.75) is 32.9 Å². The summed E-state index contributed by atoms with van der Waals surface area (Å²) in [6.07, 6.45) is 2.82. The van der Waals surface area contributed by atoms with Gasteiger partial charge in [-0.25, -0.2) is 8.42 Å². The minimum Gasteiger partial charge on any atom is -0.351 e. The van der Waals surface area contributed by atoms with Crippen LogP contribution in [0, 0.1) is 0 Å². The maximum Gasteiger partial charge on any atom is 0.267 e. The highest BCUT2D eigenvalue weighted by Gasteiger charge is 2.24. The molecule has 0 bridgehead atoms. The highest BCUT2D eigenvalue weighted by Crippen LogP contribution is 2.18. The van der Waals surface area contributed by atoms with Crippen molar-refractivity contribution in [1.82, 2.24) is 14.2 Å². The third kappa shape index (κ3) is 3.21. The Hall–Kier alpha value is -1.34. The van der Waals surface area contributed by atoms with Crippen LogP contribution in [0.3, 0.4) is 0 Å². The number of nitrogens with one attached hydrogen (secondary N) is 1. The molecule has 1 aromatic heterocycles. The van der Waals surface area contributed by atoms with Crippen LogP contribution in [0.15, 0.2) is 12.1 Å². The van der Waals surface area contributed by atoms with Crippen LogP contribution in [0.5, 0.6) is 0 Å². The van der Waals surface area contributed by atoms with Crippen molar-refractivity contribution in [1.29, 1.82) is 0 Å². The lowest BCUT2D eigenvalue weighted by Crippen LogP contribution is -2.29. The van der Waals surface area contributed by atoms with E-state index in [4.69, 9.17) is 0 Å². The van der Waals surface area contributed by atoms with Gasteiger partial charge in [-0.2, -0.15) is 4.31 Å². The van der Waals surface area contributed by atoms with Crippen molar-refractivity contribution in [3.05, 3.63) is 23.5 Å². The van der Waals surface area contributed by atoms with Crippen molar-refractivity contribution >= 4 is 15.9 Å². The van der Waals surface area contributed by atoms with E-state index in [0.717, 1.165) is 12.1 Å². The lowest BCUT2D eigenvalue weighted by Gasteiger charge is -2.16. The number of carbonyl (C=O) groups excluding carboxylic acids is 1. The fraction of sp³-hybridized carbons (Fsp3) is 0.615. The molecular weight excluding hydrogens is 278 g/mol. The number of hydrogen-bond donors (Lipinski definition) is 1. The van der Waals surface area contributed by atoms with Gasteiger partial charge in [-0.1, -0.05) is 6.92 Å². The molecule has 1 aliphatic heterocycles. The van der Waals surface area contributed by atoms with E-state index in [9.17, 15) is 13.2 Å². The molecule has 1 aromatic rings. The van der Waals surface area contributed by atoms with Gasteiger partial charge in [0.2, 0.25) is 10.0 Å². The Morgan fingerprint density at radius 2 is 2.10 bits per heavy atom. The Kier molecular flexibility index (Phi) is 4.49. The summed E-state index contributed by atoms with van der Waals surface area (Å²) in [4.78, 5) is 12.1. The van der Waals surface area contributed by atoms with Crippen LogP contribution < -0.4 is 5.32 Å². The van der Waals surface area contributed by atoms with Crippen molar-refractivity contribution < 1.29 is 13.2 Å². The summed E-state index contributed by atoms with van der Waals surface area (Å²) >= 11 is 0. The molecule has 0 radical (unpaired) electrons. The lowest BCUT2D eigenvalue weighted by atomic mass is 10.3. The first-order chi connectivity index (χ1) is 9.43. The minimum atomic E-state index is -3.20. The minimum absolute atomic E-state index is 0.0918. The summed E-state index contributed by atoms with van der Waals surface area (Å²) in [6.45, 7) is 4.15. The maximum atomic E-state index is 12.1. The molecule has 6 nitrogen and oxygen atoms in total. The molecular formula is C13H21N3O3S. The van der Waals surface area contributed by atoms with Gasteiger partial charge in [0.25, 0.3) is 5.91 Å². The fourth-order valence-electron chi connectivity index (χ4n) is 2.39. The molecule has 0 unspecified atom stereocenters. The van der Waals surface area contributed by atoms with Crippen molar-refractivity contribution in [2.75, 3.05) is 19.3 Å². The van der Waals surface area contributed by atoms with Crippen LogP contribution in [0.25, 0.3) is 0 Å². The van der Waals surface area contributed by atoms with Gasteiger partial charge in [0, 0.05) is 25.3 Å². The average molecular weight is 299 g/mol. The van der Waals surface area contributed by atoms with E-state index >= 15 is 0 Å². The van der Waals surface area contributed by atoms with E-state index in [1.54, 1.807) is 6.07 Å². The molecule has 0 aliphatic carbocycles. The molecule has 0 atom stereocenters. The van der Waals surface area contributed by atoms with Gasteiger partial charge >= 0.3 is 0 Å². The summed E-state index contributed by atoms with van der Waals surface area (Å²) < 4.78 is 26.7. The Morgan fingerprint density at radius 1 is 1.35 bits per heavy atom. The van der Waals surface area contributed by atoms with E-state index in [2.05, 4.69) is 5.32 Å². The molecule has 2 heterocycles. The molecule has 7 heteroatoms. The van der Waals surface area contributed by atoms with Crippen LogP contribution in [0.1, 0.15) is 35.9 Å². The van der Waals surface area contributed by atoms with Gasteiger partial charge in [-0.15, -0.1) is 0 Å². The van der Waals surface area contributed by atoms with Crippen LogP contribution in [0.4, 0.5) is 0 Å². The first kappa shape index (κ1) is 15.1. The first-order valence-corrected chi connectivity index (χ1v) is 8.70. The van der Waals surface area contributed by atoms with Gasteiger partial charge in [0.1, 0.15) is 5.69 Å². The fourth-order valence-corrected chi connectivity index (χ4v) is 3.21. The molecule has 1 aliphatic rings. The van der Waals surface area contributed by atoms with Crippen molar-refractivity contribution in [3.63, 3.8) is 0 Å². The molecule has 1 amide bonds. The van der Waals surface area contributed by atoms with Crippen molar-refractivity contribution in [2.24, 2.45) is 0 Å². The summed E-state index contributed by atoms with van der Waals surface area (Å²) in [7, 11) is -3.20. The Labute approximate surface area is 119 Å². The summed E-state index contributed by atoms with van der Waals surface area (Å²) in [5.41, 5.74) is 1.48. The number of rotatable bonds is 4. The topological polar surface area (TPSA) is 71.4 Å². The quantitative estimate of drug-likeness (QED) is 0.893. The monoisotopic (exact) mass is 299 g/mol. The van der Waals surface area contributed by atoms with Gasteiger partial charge < -0.3 is 9.88 Å². The molecule has 0 saturated heterocycles. The Morgan fingerprint density at radius 3 is 2.75 bits per heavy atom. The Balaban J connectivity index is 2.23. The smallest absolute Gasteiger partial charge is 0.267 e. The van der Waals surface area contributed by atoms with E-state index in [1.165, 1.54) is 10.6 Å². The van der Waals surface area contributed by atoms with E-state index < -0.39 is 10.0 Å². The number of nitrogens with zero attached hydrogens (tertiary/aromatic N) is 2. The molecule has 2 rings (SSSR count). The second-order valence-corrected chi connectivity index (χ2v) is 7.05. The second-order valence-electron chi connectivity index (χ2n) is 5.07. The third-order valence-electron chi connectivity index (χ3n) is 3.44.